The van der Waals surface area contributed by atoms with E-state index in [4.69, 9.17) is 0 Å². The van der Waals surface area contributed by atoms with Crippen LogP contribution in [0.4, 0.5) is 0 Å². The summed E-state index contributed by atoms with van der Waals surface area (Å²) in [6, 6.07) is 16.0. The molecule has 1 atom stereocenters. The molecular formula is C19H20N4OS. The van der Waals surface area contributed by atoms with Gasteiger partial charge in [0.05, 0.1) is 16.3 Å². The van der Waals surface area contributed by atoms with Gasteiger partial charge >= 0.3 is 0 Å². The summed E-state index contributed by atoms with van der Waals surface area (Å²) in [5.74, 6) is -0.110. The minimum absolute atomic E-state index is 0.110. The van der Waals surface area contributed by atoms with Gasteiger partial charge in [-0.15, -0.1) is 11.3 Å². The Morgan fingerprint density at radius 1 is 1.24 bits per heavy atom. The highest BCUT2D eigenvalue weighted by molar-refractivity contribution is 7.13. The normalized spacial score (nSPS) is 17.4. The molecule has 2 N–H and O–H groups in total. The highest BCUT2D eigenvalue weighted by Gasteiger charge is 2.21. The Bertz CT molecular complexity index is 836. The summed E-state index contributed by atoms with van der Waals surface area (Å²) in [6.45, 7) is 1.85. The molecule has 1 aliphatic heterocycles. The lowest BCUT2D eigenvalue weighted by Gasteiger charge is -2.23. The molecule has 0 radical (unpaired) electrons. The van der Waals surface area contributed by atoms with Crippen LogP contribution in [0.2, 0.25) is 0 Å². The fourth-order valence-corrected chi connectivity index (χ4v) is 3.82. The molecule has 6 heteroatoms. The van der Waals surface area contributed by atoms with Gasteiger partial charge in [-0.2, -0.15) is 5.10 Å². The van der Waals surface area contributed by atoms with E-state index in [0.29, 0.717) is 5.69 Å². The molecule has 1 unspecified atom stereocenters. The molecule has 2 aromatic heterocycles. The standard InChI is InChI=1S/C19H20N4OS/c24-19(21-14-6-4-10-20-13-14)16-12-17(18-9-5-11-25-18)23(22-16)15-7-2-1-3-8-15/h1-3,5,7-9,11-12,14,20H,4,6,10,13H2,(H,21,24). The average molecular weight is 352 g/mol. The van der Waals surface area contributed by atoms with E-state index < -0.39 is 0 Å². The van der Waals surface area contributed by atoms with Crippen LogP contribution in [0.25, 0.3) is 16.3 Å². The molecule has 0 saturated carbocycles. The van der Waals surface area contributed by atoms with Crippen LogP contribution in [0, 0.1) is 0 Å². The van der Waals surface area contributed by atoms with Crippen molar-refractivity contribution in [3.8, 4) is 16.3 Å². The minimum Gasteiger partial charge on any atom is -0.347 e. The number of carbonyl (C=O) groups is 1. The maximum Gasteiger partial charge on any atom is 0.272 e. The highest BCUT2D eigenvalue weighted by atomic mass is 32.1. The third-order valence-electron chi connectivity index (χ3n) is 4.35. The Morgan fingerprint density at radius 2 is 2.12 bits per heavy atom. The van der Waals surface area contributed by atoms with Crippen molar-refractivity contribution in [2.45, 2.75) is 18.9 Å². The summed E-state index contributed by atoms with van der Waals surface area (Å²) in [6.07, 6.45) is 2.10. The summed E-state index contributed by atoms with van der Waals surface area (Å²) in [4.78, 5) is 13.8. The molecular weight excluding hydrogens is 332 g/mol. The van der Waals surface area contributed by atoms with Crippen molar-refractivity contribution in [2.24, 2.45) is 0 Å². The second kappa shape index (κ2) is 7.21. The van der Waals surface area contributed by atoms with E-state index in [2.05, 4.69) is 15.7 Å². The number of thiophene rings is 1. The van der Waals surface area contributed by atoms with Gasteiger partial charge in [0.1, 0.15) is 0 Å². The number of nitrogens with zero attached hydrogens (tertiary/aromatic N) is 2. The third kappa shape index (κ3) is 3.50. The Morgan fingerprint density at radius 3 is 2.84 bits per heavy atom. The smallest absolute Gasteiger partial charge is 0.272 e. The van der Waals surface area contributed by atoms with Crippen LogP contribution >= 0.6 is 11.3 Å². The van der Waals surface area contributed by atoms with Crippen molar-refractivity contribution in [3.05, 3.63) is 59.6 Å². The lowest BCUT2D eigenvalue weighted by molar-refractivity contribution is 0.0925. The number of rotatable bonds is 4. The van der Waals surface area contributed by atoms with E-state index in [-0.39, 0.29) is 11.9 Å². The number of benzene rings is 1. The number of para-hydroxylation sites is 1. The van der Waals surface area contributed by atoms with Gasteiger partial charge in [-0.05, 0) is 49.0 Å². The number of carbonyl (C=O) groups excluding carboxylic acids is 1. The fourth-order valence-electron chi connectivity index (χ4n) is 3.09. The molecule has 25 heavy (non-hydrogen) atoms. The number of aromatic nitrogens is 2. The monoisotopic (exact) mass is 352 g/mol. The van der Waals surface area contributed by atoms with E-state index in [1.165, 1.54) is 0 Å². The SMILES string of the molecule is O=C(NC1CCCNC1)c1cc(-c2cccs2)n(-c2ccccc2)n1. The fraction of sp³-hybridized carbons (Fsp3) is 0.263. The second-order valence-electron chi connectivity index (χ2n) is 6.16. The number of hydrogen-bond acceptors (Lipinski definition) is 4. The molecule has 1 aromatic carbocycles. The third-order valence-corrected chi connectivity index (χ3v) is 5.24. The molecule has 1 saturated heterocycles. The van der Waals surface area contributed by atoms with E-state index >= 15 is 0 Å². The zero-order valence-corrected chi connectivity index (χ0v) is 14.6. The number of hydrogen-bond donors (Lipinski definition) is 2. The highest BCUT2D eigenvalue weighted by Crippen LogP contribution is 2.28. The molecule has 1 fully saturated rings. The second-order valence-corrected chi connectivity index (χ2v) is 7.10. The van der Waals surface area contributed by atoms with Gasteiger partial charge in [0.2, 0.25) is 0 Å². The van der Waals surface area contributed by atoms with Crippen molar-refractivity contribution >= 4 is 17.2 Å². The summed E-state index contributed by atoms with van der Waals surface area (Å²) in [5.41, 5.74) is 2.34. The zero-order valence-electron chi connectivity index (χ0n) is 13.8. The molecule has 3 aromatic rings. The maximum absolute atomic E-state index is 12.7. The lowest BCUT2D eigenvalue weighted by Crippen LogP contribution is -2.45. The van der Waals surface area contributed by atoms with Gasteiger partial charge < -0.3 is 10.6 Å². The van der Waals surface area contributed by atoms with Crippen LogP contribution in [0.1, 0.15) is 23.3 Å². The van der Waals surface area contributed by atoms with Gasteiger partial charge in [-0.3, -0.25) is 4.79 Å². The van der Waals surface area contributed by atoms with Crippen molar-refractivity contribution in [1.29, 1.82) is 0 Å². The zero-order chi connectivity index (χ0) is 17.1. The van der Waals surface area contributed by atoms with Crippen molar-refractivity contribution < 1.29 is 4.79 Å². The first-order valence-corrected chi connectivity index (χ1v) is 9.40. The molecule has 128 valence electrons. The number of nitrogens with one attached hydrogen (secondary N) is 2. The van der Waals surface area contributed by atoms with E-state index in [1.54, 1.807) is 11.3 Å². The molecule has 3 heterocycles. The average Bonchev–Trinajstić information content (AvgIpc) is 3.33. The summed E-state index contributed by atoms with van der Waals surface area (Å²) in [7, 11) is 0. The first kappa shape index (κ1) is 16.1. The van der Waals surface area contributed by atoms with Crippen LogP contribution in [0.3, 0.4) is 0 Å². The molecule has 5 nitrogen and oxygen atoms in total. The predicted octanol–water partition coefficient (Wildman–Crippen LogP) is 3.08. The summed E-state index contributed by atoms with van der Waals surface area (Å²) >= 11 is 1.64. The Kier molecular flexibility index (Phi) is 4.63. The quantitative estimate of drug-likeness (QED) is 0.759. The van der Waals surface area contributed by atoms with Gasteiger partial charge in [0, 0.05) is 12.6 Å². The Balaban J connectivity index is 1.66. The van der Waals surface area contributed by atoms with Crippen LogP contribution in [0.5, 0.6) is 0 Å². The minimum atomic E-state index is -0.110. The molecule has 0 spiro atoms. The van der Waals surface area contributed by atoms with Crippen molar-refractivity contribution in [1.82, 2.24) is 20.4 Å². The van der Waals surface area contributed by atoms with Crippen LogP contribution < -0.4 is 10.6 Å². The van der Waals surface area contributed by atoms with Crippen LogP contribution in [-0.4, -0.2) is 34.8 Å². The van der Waals surface area contributed by atoms with Crippen LogP contribution in [-0.2, 0) is 0 Å². The molecule has 0 aliphatic carbocycles. The predicted molar refractivity (Wildman–Crippen MR) is 100 cm³/mol. The summed E-state index contributed by atoms with van der Waals surface area (Å²) in [5, 5.41) is 13.0. The molecule has 1 aliphatic rings. The number of amides is 1. The van der Waals surface area contributed by atoms with Gasteiger partial charge in [0.15, 0.2) is 5.69 Å². The Hall–Kier alpha value is -2.44. The largest absolute Gasteiger partial charge is 0.347 e. The first-order valence-electron chi connectivity index (χ1n) is 8.52. The maximum atomic E-state index is 12.7. The van der Waals surface area contributed by atoms with E-state index in [9.17, 15) is 4.79 Å². The molecule has 0 bridgehead atoms. The molecule has 4 rings (SSSR count). The lowest BCUT2D eigenvalue weighted by atomic mass is 10.1. The van der Waals surface area contributed by atoms with Gasteiger partial charge in [-0.25, -0.2) is 4.68 Å². The summed E-state index contributed by atoms with van der Waals surface area (Å²) < 4.78 is 1.85. The van der Waals surface area contributed by atoms with E-state index in [1.807, 2.05) is 58.6 Å². The van der Waals surface area contributed by atoms with Crippen molar-refractivity contribution in [2.75, 3.05) is 13.1 Å². The Labute approximate surface area is 150 Å². The number of piperidine rings is 1. The van der Waals surface area contributed by atoms with Crippen molar-refractivity contribution in [3.63, 3.8) is 0 Å². The van der Waals surface area contributed by atoms with E-state index in [0.717, 1.165) is 42.2 Å². The first-order chi connectivity index (χ1) is 12.3. The van der Waals surface area contributed by atoms with Crippen LogP contribution in [0.15, 0.2) is 53.9 Å². The molecule has 1 amide bonds. The van der Waals surface area contributed by atoms with Gasteiger partial charge in [0.25, 0.3) is 5.91 Å². The van der Waals surface area contributed by atoms with Gasteiger partial charge in [-0.1, -0.05) is 24.3 Å². The topological polar surface area (TPSA) is 59.0 Å².